The molecule has 0 heterocycles. The van der Waals surface area contributed by atoms with Crippen LogP contribution in [0.5, 0.6) is 5.75 Å². The topological polar surface area (TPSA) is 52.6 Å². The van der Waals surface area contributed by atoms with Gasteiger partial charge >= 0.3 is 18.9 Å². The molecule has 3 aromatic rings. The summed E-state index contributed by atoms with van der Waals surface area (Å²) in [4.78, 5) is 12.5. The smallest absolute Gasteiger partial charge is 0.549 e. The predicted octanol–water partition coefficient (Wildman–Crippen LogP) is 0.549. The molecule has 4 nitrogen and oxygen atoms in total. The van der Waals surface area contributed by atoms with E-state index >= 15 is 0 Å². The van der Waals surface area contributed by atoms with E-state index in [1.165, 1.54) is 0 Å². The van der Waals surface area contributed by atoms with Crippen molar-refractivity contribution in [3.8, 4) is 16.9 Å². The van der Waals surface area contributed by atoms with E-state index in [0.29, 0.717) is 13.0 Å². The molecule has 0 aliphatic heterocycles. The minimum Gasteiger partial charge on any atom is -0.549 e. The van der Waals surface area contributed by atoms with Gasteiger partial charge in [0.05, 0.1) is 5.97 Å². The van der Waals surface area contributed by atoms with Crippen LogP contribution in [0.2, 0.25) is 0 Å². The maximum atomic E-state index is 10.8. The van der Waals surface area contributed by atoms with Gasteiger partial charge in [-0.2, -0.15) is 0 Å². The molecule has 0 N–H and O–H groups in total. The molecule has 0 aliphatic rings. The van der Waals surface area contributed by atoms with E-state index < -0.39 is 5.97 Å². The number of carboxylic acids is 1. The number of aliphatic carboxylic acids is 1. The molecule has 0 fully saturated rings. The first-order valence-corrected chi connectivity index (χ1v) is 9.37. The Morgan fingerprint density at radius 3 is 2.03 bits per heavy atom. The molecule has 0 saturated carbocycles. The van der Waals surface area contributed by atoms with Crippen molar-refractivity contribution in [2.45, 2.75) is 12.5 Å². The first kappa shape index (κ1) is 22.8. The molecule has 0 aliphatic carbocycles. The van der Waals surface area contributed by atoms with Crippen LogP contribution in [0, 0.1) is 0 Å². The van der Waals surface area contributed by atoms with Crippen molar-refractivity contribution in [2.24, 2.45) is 0 Å². The van der Waals surface area contributed by atoms with Gasteiger partial charge in [-0.3, -0.25) is 0 Å². The SMILES string of the molecule is CN(CC[C@@H](Oc1ccc(-c2ccccc2)cc1)c1ccccc1)CC(=O)[O-].[Li+]. The minimum absolute atomic E-state index is 0. The summed E-state index contributed by atoms with van der Waals surface area (Å²) in [5, 5.41) is 10.8. The van der Waals surface area contributed by atoms with Gasteiger partial charge in [-0.1, -0.05) is 72.8 Å². The molecular formula is C24H24LiNO3. The molecule has 0 aromatic heterocycles. The molecule has 29 heavy (non-hydrogen) atoms. The van der Waals surface area contributed by atoms with Crippen molar-refractivity contribution >= 4 is 5.97 Å². The Bertz CT molecular complexity index is 870. The Balaban J connectivity index is 0.00000300. The van der Waals surface area contributed by atoms with Gasteiger partial charge in [-0.05, 0) is 35.9 Å². The molecule has 0 spiro atoms. The summed E-state index contributed by atoms with van der Waals surface area (Å²) < 4.78 is 6.26. The Kier molecular flexibility index (Phi) is 9.01. The Labute approximate surface area is 184 Å². The van der Waals surface area contributed by atoms with E-state index in [2.05, 4.69) is 24.3 Å². The molecule has 0 amide bonds. The molecular weight excluding hydrogens is 357 g/mol. The van der Waals surface area contributed by atoms with Gasteiger partial charge in [-0.15, -0.1) is 0 Å². The summed E-state index contributed by atoms with van der Waals surface area (Å²) in [5.41, 5.74) is 3.37. The molecule has 5 heteroatoms. The maximum absolute atomic E-state index is 10.8. The monoisotopic (exact) mass is 381 g/mol. The summed E-state index contributed by atoms with van der Waals surface area (Å²) in [6.07, 6.45) is 0.516. The third kappa shape index (κ3) is 7.10. The van der Waals surface area contributed by atoms with Gasteiger partial charge in [0.2, 0.25) is 0 Å². The molecule has 0 radical (unpaired) electrons. The van der Waals surface area contributed by atoms with E-state index in [-0.39, 0.29) is 31.5 Å². The third-order valence-corrected chi connectivity index (χ3v) is 4.58. The second-order valence-corrected chi connectivity index (χ2v) is 6.81. The van der Waals surface area contributed by atoms with Gasteiger partial charge < -0.3 is 19.5 Å². The molecule has 144 valence electrons. The number of likely N-dealkylation sites (N-methyl/N-ethyl adjacent to an activating group) is 1. The molecule has 1 atom stereocenters. The van der Waals surface area contributed by atoms with Crippen LogP contribution in [0.3, 0.4) is 0 Å². The maximum Gasteiger partial charge on any atom is 1.00 e. The van der Waals surface area contributed by atoms with Crippen LogP contribution in [0.15, 0.2) is 84.9 Å². The van der Waals surface area contributed by atoms with E-state index in [4.69, 9.17) is 4.74 Å². The number of ether oxygens (including phenoxy) is 1. The average molecular weight is 381 g/mol. The van der Waals surface area contributed by atoms with E-state index in [0.717, 1.165) is 22.4 Å². The van der Waals surface area contributed by atoms with Gasteiger partial charge in [0.25, 0.3) is 0 Å². The van der Waals surface area contributed by atoms with Gasteiger partial charge in [0.1, 0.15) is 11.9 Å². The number of benzene rings is 3. The number of carbonyl (C=O) groups excluding carboxylic acids is 1. The van der Waals surface area contributed by atoms with Crippen LogP contribution in [0.1, 0.15) is 18.1 Å². The molecule has 0 saturated heterocycles. The number of hydrogen-bond acceptors (Lipinski definition) is 4. The molecule has 0 bridgehead atoms. The average Bonchev–Trinajstić information content (AvgIpc) is 2.72. The van der Waals surface area contributed by atoms with Crippen LogP contribution in [0.4, 0.5) is 0 Å². The quantitative estimate of drug-likeness (QED) is 0.508. The van der Waals surface area contributed by atoms with Crippen molar-refractivity contribution < 1.29 is 33.5 Å². The fourth-order valence-corrected chi connectivity index (χ4v) is 3.12. The predicted molar refractivity (Wildman–Crippen MR) is 109 cm³/mol. The van der Waals surface area contributed by atoms with Crippen LogP contribution in [0.25, 0.3) is 11.1 Å². The van der Waals surface area contributed by atoms with Crippen molar-refractivity contribution in [3.63, 3.8) is 0 Å². The summed E-state index contributed by atoms with van der Waals surface area (Å²) in [6, 6.07) is 28.2. The zero-order valence-corrected chi connectivity index (χ0v) is 17.0. The standard InChI is InChI=1S/C24H25NO3.Li/c1-25(18-24(26)27)17-16-23(21-10-6-3-7-11-21)28-22-14-12-20(13-15-22)19-8-4-2-5-9-19;/h2-15,23H,16-18H2,1H3,(H,26,27);/q;+1/p-1/t23-;/m1./s1. The van der Waals surface area contributed by atoms with E-state index in [1.54, 1.807) is 11.9 Å². The van der Waals surface area contributed by atoms with E-state index in [9.17, 15) is 9.90 Å². The minimum atomic E-state index is -1.07. The summed E-state index contributed by atoms with van der Waals surface area (Å²) >= 11 is 0. The first-order chi connectivity index (χ1) is 13.6. The molecule has 0 unspecified atom stereocenters. The summed E-state index contributed by atoms with van der Waals surface area (Å²) in [5.74, 6) is -0.285. The fraction of sp³-hybridized carbons (Fsp3) is 0.208. The second kappa shape index (κ2) is 11.5. The van der Waals surface area contributed by atoms with Crippen LogP contribution in [-0.4, -0.2) is 31.0 Å². The second-order valence-electron chi connectivity index (χ2n) is 6.81. The normalized spacial score (nSPS) is 11.5. The van der Waals surface area contributed by atoms with E-state index in [1.807, 2.05) is 60.7 Å². The summed E-state index contributed by atoms with van der Waals surface area (Å²) in [6.45, 7) is 0.503. The van der Waals surface area contributed by atoms with Gasteiger partial charge in [-0.25, -0.2) is 0 Å². The first-order valence-electron chi connectivity index (χ1n) is 9.37. The van der Waals surface area contributed by atoms with Crippen LogP contribution < -0.4 is 28.7 Å². The van der Waals surface area contributed by atoms with Crippen molar-refractivity contribution in [2.75, 3.05) is 20.1 Å². The Morgan fingerprint density at radius 2 is 1.45 bits per heavy atom. The van der Waals surface area contributed by atoms with Crippen molar-refractivity contribution in [1.29, 1.82) is 0 Å². The number of carboxylic acid groups (broad SMARTS) is 1. The number of hydrogen-bond donors (Lipinski definition) is 0. The fourth-order valence-electron chi connectivity index (χ4n) is 3.12. The van der Waals surface area contributed by atoms with Gasteiger partial charge in [0, 0.05) is 19.5 Å². The number of rotatable bonds is 9. The zero-order valence-electron chi connectivity index (χ0n) is 17.0. The summed E-state index contributed by atoms with van der Waals surface area (Å²) in [7, 11) is 1.77. The largest absolute Gasteiger partial charge is 1.00 e. The Morgan fingerprint density at radius 1 is 0.897 bits per heavy atom. The van der Waals surface area contributed by atoms with Crippen LogP contribution >= 0.6 is 0 Å². The Hall–Kier alpha value is -2.51. The van der Waals surface area contributed by atoms with Gasteiger partial charge in [0.15, 0.2) is 0 Å². The van der Waals surface area contributed by atoms with Crippen molar-refractivity contribution in [1.82, 2.24) is 4.90 Å². The molecule has 3 rings (SSSR count). The zero-order chi connectivity index (χ0) is 19.8. The van der Waals surface area contributed by atoms with Crippen LogP contribution in [-0.2, 0) is 4.79 Å². The third-order valence-electron chi connectivity index (χ3n) is 4.58. The number of nitrogens with zero attached hydrogens (tertiary/aromatic N) is 1. The number of carbonyl (C=O) groups is 1. The molecule has 3 aromatic carbocycles. The van der Waals surface area contributed by atoms with Crippen molar-refractivity contribution in [3.05, 3.63) is 90.5 Å².